The van der Waals surface area contributed by atoms with E-state index in [0.717, 1.165) is 50.3 Å². The van der Waals surface area contributed by atoms with Gasteiger partial charge in [-0.15, -0.1) is 0 Å². The molecule has 262 valence electrons. The molecule has 7 aromatic carbocycles. The van der Waals surface area contributed by atoms with Crippen molar-refractivity contribution in [3.05, 3.63) is 200 Å². The van der Waals surface area contributed by atoms with E-state index in [-0.39, 0.29) is 0 Å². The van der Waals surface area contributed by atoms with Gasteiger partial charge in [0.25, 0.3) is 0 Å². The average molecular weight is 716 g/mol. The zero-order valence-corrected chi connectivity index (χ0v) is 30.3. The van der Waals surface area contributed by atoms with Crippen LogP contribution in [0.5, 0.6) is 0 Å². The van der Waals surface area contributed by atoms with Gasteiger partial charge in [-0.3, -0.25) is 9.97 Å². The van der Waals surface area contributed by atoms with Gasteiger partial charge in [-0.25, -0.2) is 15.0 Å². The summed E-state index contributed by atoms with van der Waals surface area (Å²) < 4.78 is 0. The van der Waals surface area contributed by atoms with Crippen LogP contribution < -0.4 is 0 Å². The Bertz CT molecular complexity index is 2930. The number of nitrogens with zero attached hydrogens (tertiary/aromatic N) is 5. The Morgan fingerprint density at radius 2 is 0.714 bits per heavy atom. The fourth-order valence-electron chi connectivity index (χ4n) is 7.56. The topological polar surface area (TPSA) is 64.5 Å². The van der Waals surface area contributed by atoms with Crippen LogP contribution in [0.4, 0.5) is 0 Å². The highest BCUT2D eigenvalue weighted by Gasteiger charge is 2.18. The monoisotopic (exact) mass is 715 g/mol. The smallest absolute Gasteiger partial charge is 0.164 e. The van der Waals surface area contributed by atoms with Gasteiger partial charge in [0, 0.05) is 34.6 Å². The molecule has 0 aliphatic carbocycles. The molecular weight excluding hydrogens is 683 g/mol. The molecule has 3 heterocycles. The predicted molar refractivity (Wildman–Crippen MR) is 228 cm³/mol. The minimum Gasteiger partial charge on any atom is -0.255 e. The standard InChI is InChI=1S/C51H33N5/c1-3-14-34(15-4-1)38-18-13-19-39(32-38)51-55-49(36-16-5-2-6-17-36)54-50(56-51)37-27-25-35(26-28-37)47-41-20-7-9-22-43(41)48(44-23-10-8-21-42(44)47)40-29-30-46(53-33-40)45-24-11-12-31-52-45/h1-33H. The number of fused-ring (bicyclic) bond motifs is 2. The highest BCUT2D eigenvalue weighted by molar-refractivity contribution is 6.21. The van der Waals surface area contributed by atoms with Gasteiger partial charge < -0.3 is 0 Å². The lowest BCUT2D eigenvalue weighted by molar-refractivity contribution is 1.07. The molecular formula is C51H33N5. The van der Waals surface area contributed by atoms with Crippen LogP contribution in [0.2, 0.25) is 0 Å². The molecule has 0 radical (unpaired) electrons. The molecule has 0 bridgehead atoms. The number of benzene rings is 7. The number of rotatable bonds is 7. The predicted octanol–water partition coefficient (Wildman–Crippen LogP) is 12.6. The van der Waals surface area contributed by atoms with Crippen LogP contribution >= 0.6 is 0 Å². The zero-order valence-electron chi connectivity index (χ0n) is 30.3. The summed E-state index contributed by atoms with van der Waals surface area (Å²) in [4.78, 5) is 24.4. The van der Waals surface area contributed by atoms with E-state index in [4.69, 9.17) is 19.9 Å². The molecule has 3 aromatic heterocycles. The first-order chi connectivity index (χ1) is 27.8. The number of hydrogen-bond donors (Lipinski definition) is 0. The molecule has 5 nitrogen and oxygen atoms in total. The Labute approximate surface area is 324 Å². The van der Waals surface area contributed by atoms with Crippen molar-refractivity contribution in [1.82, 2.24) is 24.9 Å². The third kappa shape index (κ3) is 6.17. The second-order valence-electron chi connectivity index (χ2n) is 13.7. The van der Waals surface area contributed by atoms with Crippen molar-refractivity contribution in [1.29, 1.82) is 0 Å². The van der Waals surface area contributed by atoms with Crippen molar-refractivity contribution in [2.24, 2.45) is 0 Å². The van der Waals surface area contributed by atoms with Crippen LogP contribution in [-0.2, 0) is 0 Å². The molecule has 10 rings (SSSR count). The van der Waals surface area contributed by atoms with Gasteiger partial charge in [0.15, 0.2) is 17.5 Å². The van der Waals surface area contributed by atoms with E-state index >= 15 is 0 Å². The summed E-state index contributed by atoms with van der Waals surface area (Å²) in [6.07, 6.45) is 3.77. The normalized spacial score (nSPS) is 11.2. The van der Waals surface area contributed by atoms with Crippen LogP contribution in [0, 0.1) is 0 Å². The molecule has 56 heavy (non-hydrogen) atoms. The van der Waals surface area contributed by atoms with E-state index in [9.17, 15) is 0 Å². The van der Waals surface area contributed by atoms with Crippen LogP contribution in [0.3, 0.4) is 0 Å². The molecule has 0 saturated carbocycles. The van der Waals surface area contributed by atoms with Crippen molar-refractivity contribution >= 4 is 21.5 Å². The summed E-state index contributed by atoms with van der Waals surface area (Å²) in [5.74, 6) is 1.89. The molecule has 0 amide bonds. The molecule has 0 fully saturated rings. The molecule has 0 N–H and O–H groups in total. The largest absolute Gasteiger partial charge is 0.255 e. The first-order valence-electron chi connectivity index (χ1n) is 18.7. The van der Waals surface area contributed by atoms with E-state index in [0.29, 0.717) is 17.5 Å². The second kappa shape index (κ2) is 14.3. The Hall–Kier alpha value is -7.63. The Morgan fingerprint density at radius 3 is 1.29 bits per heavy atom. The van der Waals surface area contributed by atoms with Gasteiger partial charge in [0.1, 0.15) is 0 Å². The van der Waals surface area contributed by atoms with E-state index < -0.39 is 0 Å². The number of pyridine rings is 2. The quantitative estimate of drug-likeness (QED) is 0.154. The average Bonchev–Trinajstić information content (AvgIpc) is 3.29. The number of hydrogen-bond acceptors (Lipinski definition) is 5. The van der Waals surface area contributed by atoms with Crippen molar-refractivity contribution in [3.8, 4) is 78.9 Å². The minimum absolute atomic E-state index is 0.622. The molecule has 10 aromatic rings. The van der Waals surface area contributed by atoms with Gasteiger partial charge in [-0.2, -0.15) is 0 Å². The van der Waals surface area contributed by atoms with Gasteiger partial charge in [-0.1, -0.05) is 164 Å². The summed E-state index contributed by atoms with van der Waals surface area (Å²) >= 11 is 0. The van der Waals surface area contributed by atoms with Crippen LogP contribution in [0.1, 0.15) is 0 Å². The van der Waals surface area contributed by atoms with E-state index in [1.165, 1.54) is 32.7 Å². The maximum atomic E-state index is 5.08. The SMILES string of the molecule is c1ccc(-c2cccc(-c3nc(-c4ccccc4)nc(-c4ccc(-c5c6ccccc6c(-c6ccc(-c7ccccn7)nc6)c6ccccc56)cc4)n3)c2)cc1. The second-order valence-corrected chi connectivity index (χ2v) is 13.7. The first-order valence-corrected chi connectivity index (χ1v) is 18.7. The lowest BCUT2D eigenvalue weighted by Crippen LogP contribution is -2.00. The lowest BCUT2D eigenvalue weighted by Gasteiger charge is -2.18. The zero-order chi connectivity index (χ0) is 37.3. The summed E-state index contributed by atoms with van der Waals surface area (Å²) in [6, 6.07) is 64.9. The third-order valence-electron chi connectivity index (χ3n) is 10.2. The van der Waals surface area contributed by atoms with Crippen molar-refractivity contribution in [3.63, 3.8) is 0 Å². The summed E-state index contributed by atoms with van der Waals surface area (Å²) in [5.41, 5.74) is 11.3. The molecule has 0 aliphatic rings. The molecule has 0 unspecified atom stereocenters. The Kier molecular flexibility index (Phi) is 8.43. The molecule has 0 saturated heterocycles. The van der Waals surface area contributed by atoms with Crippen molar-refractivity contribution in [2.45, 2.75) is 0 Å². The summed E-state index contributed by atoms with van der Waals surface area (Å²) in [6.45, 7) is 0. The third-order valence-corrected chi connectivity index (χ3v) is 10.2. The van der Waals surface area contributed by atoms with E-state index in [1.54, 1.807) is 6.20 Å². The maximum absolute atomic E-state index is 5.08. The molecule has 0 aliphatic heterocycles. The molecule has 0 spiro atoms. The summed E-state index contributed by atoms with van der Waals surface area (Å²) in [5, 5.41) is 4.69. The van der Waals surface area contributed by atoms with Crippen LogP contribution in [0.25, 0.3) is 100 Å². The molecule has 0 atom stereocenters. The Morgan fingerprint density at radius 1 is 0.268 bits per heavy atom. The van der Waals surface area contributed by atoms with E-state index in [1.807, 2.05) is 60.8 Å². The molecule has 5 heteroatoms. The van der Waals surface area contributed by atoms with Crippen molar-refractivity contribution < 1.29 is 0 Å². The minimum atomic E-state index is 0.622. The van der Waals surface area contributed by atoms with E-state index in [2.05, 4.69) is 138 Å². The number of aromatic nitrogens is 5. The van der Waals surface area contributed by atoms with Gasteiger partial charge in [0.2, 0.25) is 0 Å². The first kappa shape index (κ1) is 33.0. The highest BCUT2D eigenvalue weighted by Crippen LogP contribution is 2.44. The fourth-order valence-corrected chi connectivity index (χ4v) is 7.56. The van der Waals surface area contributed by atoms with Crippen molar-refractivity contribution in [2.75, 3.05) is 0 Å². The highest BCUT2D eigenvalue weighted by atomic mass is 15.0. The van der Waals surface area contributed by atoms with Crippen LogP contribution in [-0.4, -0.2) is 24.9 Å². The summed E-state index contributed by atoms with van der Waals surface area (Å²) in [7, 11) is 0. The Balaban J connectivity index is 1.08. The van der Waals surface area contributed by atoms with Gasteiger partial charge in [-0.05, 0) is 73.6 Å². The van der Waals surface area contributed by atoms with Gasteiger partial charge >= 0.3 is 0 Å². The fraction of sp³-hybridized carbons (Fsp3) is 0. The maximum Gasteiger partial charge on any atom is 0.164 e. The van der Waals surface area contributed by atoms with Gasteiger partial charge in [0.05, 0.1) is 11.4 Å². The van der Waals surface area contributed by atoms with Crippen LogP contribution in [0.15, 0.2) is 200 Å². The lowest BCUT2D eigenvalue weighted by atomic mass is 9.86.